The predicted octanol–water partition coefficient (Wildman–Crippen LogP) is 3.85. The van der Waals surface area contributed by atoms with Gasteiger partial charge in [0.15, 0.2) is 0 Å². The number of benzene rings is 2. The van der Waals surface area contributed by atoms with Crippen molar-refractivity contribution in [3.63, 3.8) is 0 Å². The third-order valence-corrected chi connectivity index (χ3v) is 5.56. The second-order valence-corrected chi connectivity index (χ2v) is 8.15. The number of carbonyl (C=O) groups is 2. The maximum atomic E-state index is 12.8. The maximum absolute atomic E-state index is 12.8. The van der Waals surface area contributed by atoms with Gasteiger partial charge in [-0.1, -0.05) is 29.4 Å². The van der Waals surface area contributed by atoms with Crippen LogP contribution in [0, 0.1) is 12.8 Å². The van der Waals surface area contributed by atoms with E-state index in [1.807, 2.05) is 31.2 Å². The Morgan fingerprint density at radius 3 is 2.53 bits per heavy atom. The number of nitrogens with one attached hydrogen (secondary N) is 2. The molecule has 2 aromatic carbocycles. The molecule has 8 nitrogen and oxygen atoms in total. The average Bonchev–Trinajstić information content (AvgIpc) is 3.23. The van der Waals surface area contributed by atoms with Crippen LogP contribution in [0.3, 0.4) is 0 Å². The van der Waals surface area contributed by atoms with Crippen LogP contribution in [0.4, 0.5) is 11.4 Å². The molecule has 1 atom stereocenters. The number of hydrogen-bond acceptors (Lipinski definition) is 6. The van der Waals surface area contributed by atoms with E-state index in [0.717, 1.165) is 30.5 Å². The van der Waals surface area contributed by atoms with E-state index in [0.29, 0.717) is 36.2 Å². The van der Waals surface area contributed by atoms with Crippen LogP contribution < -0.4 is 10.6 Å². The van der Waals surface area contributed by atoms with Crippen LogP contribution in [-0.4, -0.2) is 39.9 Å². The number of carbonyl (C=O) groups excluding carboxylic acids is 2. The summed E-state index contributed by atoms with van der Waals surface area (Å²) in [7, 11) is 0. The zero-order chi connectivity index (χ0) is 22.5. The lowest BCUT2D eigenvalue weighted by Gasteiger charge is -2.30. The van der Waals surface area contributed by atoms with Gasteiger partial charge >= 0.3 is 0 Å². The molecule has 2 amide bonds. The number of hydrogen-bond donors (Lipinski definition) is 2. The minimum atomic E-state index is -0.128. The second kappa shape index (κ2) is 9.74. The molecule has 1 aromatic heterocycles. The summed E-state index contributed by atoms with van der Waals surface area (Å²) in [5, 5.41) is 9.82. The highest BCUT2D eigenvalue weighted by Crippen LogP contribution is 2.23. The van der Waals surface area contributed by atoms with E-state index in [9.17, 15) is 9.59 Å². The summed E-state index contributed by atoms with van der Waals surface area (Å²) in [6.07, 6.45) is 1.77. The molecule has 0 spiro atoms. The van der Waals surface area contributed by atoms with E-state index in [1.165, 1.54) is 6.92 Å². The lowest BCUT2D eigenvalue weighted by atomic mass is 9.97. The molecular formula is C24H27N5O3. The first-order chi connectivity index (χ1) is 15.5. The van der Waals surface area contributed by atoms with E-state index >= 15 is 0 Å². The first-order valence-electron chi connectivity index (χ1n) is 10.8. The van der Waals surface area contributed by atoms with Gasteiger partial charge in [0.1, 0.15) is 0 Å². The molecule has 8 heteroatoms. The Balaban J connectivity index is 1.34. The first kappa shape index (κ1) is 21.7. The van der Waals surface area contributed by atoms with Crippen molar-refractivity contribution in [2.24, 2.45) is 5.92 Å². The van der Waals surface area contributed by atoms with Gasteiger partial charge < -0.3 is 15.2 Å². The lowest BCUT2D eigenvalue weighted by Crippen LogP contribution is -2.40. The fourth-order valence-electron chi connectivity index (χ4n) is 3.94. The Bertz CT molecular complexity index is 1090. The monoisotopic (exact) mass is 433 g/mol. The summed E-state index contributed by atoms with van der Waals surface area (Å²) in [6.45, 7) is 5.53. The number of piperidine rings is 1. The number of anilines is 2. The number of aromatic nitrogens is 2. The van der Waals surface area contributed by atoms with Crippen LogP contribution in [-0.2, 0) is 16.1 Å². The highest BCUT2D eigenvalue weighted by atomic mass is 16.5. The van der Waals surface area contributed by atoms with Gasteiger partial charge in [-0.15, -0.1) is 0 Å². The quantitative estimate of drug-likeness (QED) is 0.612. The molecule has 1 aliphatic rings. The third kappa shape index (κ3) is 5.39. The van der Waals surface area contributed by atoms with Crippen molar-refractivity contribution in [1.82, 2.24) is 15.0 Å². The molecule has 1 saturated heterocycles. The highest BCUT2D eigenvalue weighted by molar-refractivity contribution is 5.93. The summed E-state index contributed by atoms with van der Waals surface area (Å²) >= 11 is 0. The molecule has 2 N–H and O–H groups in total. The standard InChI is InChI=1S/C24H27N5O3/c1-16-6-3-4-8-21(16)23-27-22(32-28-23)15-29-13-5-7-18(14-29)24(31)26-20-11-9-19(10-12-20)25-17(2)30/h3-4,6,8-12,18H,5,7,13-15H2,1-2H3,(H,25,30)(H,26,31). The predicted molar refractivity (Wildman–Crippen MR) is 122 cm³/mol. The van der Waals surface area contributed by atoms with Crippen molar-refractivity contribution in [2.45, 2.75) is 33.2 Å². The molecule has 0 aliphatic carbocycles. The number of nitrogens with zero attached hydrogens (tertiary/aromatic N) is 3. The van der Waals surface area contributed by atoms with Gasteiger partial charge in [0, 0.05) is 30.4 Å². The molecule has 1 aliphatic heterocycles. The highest BCUT2D eigenvalue weighted by Gasteiger charge is 2.27. The largest absolute Gasteiger partial charge is 0.338 e. The molecule has 1 unspecified atom stereocenters. The van der Waals surface area contributed by atoms with Crippen molar-refractivity contribution >= 4 is 23.2 Å². The van der Waals surface area contributed by atoms with Crippen LogP contribution in [0.5, 0.6) is 0 Å². The smallest absolute Gasteiger partial charge is 0.241 e. The number of aryl methyl sites for hydroxylation is 1. The molecule has 0 saturated carbocycles. The molecule has 1 fully saturated rings. The molecule has 4 rings (SSSR count). The van der Waals surface area contributed by atoms with Crippen LogP contribution in [0.15, 0.2) is 53.1 Å². The normalized spacial score (nSPS) is 16.5. The van der Waals surface area contributed by atoms with Gasteiger partial charge in [-0.05, 0) is 56.1 Å². The van der Waals surface area contributed by atoms with Crippen molar-refractivity contribution < 1.29 is 14.1 Å². The first-order valence-corrected chi connectivity index (χ1v) is 10.8. The molecule has 0 bridgehead atoms. The third-order valence-electron chi connectivity index (χ3n) is 5.56. The molecule has 2 heterocycles. The molecule has 3 aromatic rings. The van der Waals surface area contributed by atoms with E-state index in [1.54, 1.807) is 24.3 Å². The molecule has 166 valence electrons. The Hall–Kier alpha value is -3.52. The van der Waals surface area contributed by atoms with E-state index in [2.05, 4.69) is 25.7 Å². The zero-order valence-corrected chi connectivity index (χ0v) is 18.3. The SMILES string of the molecule is CC(=O)Nc1ccc(NC(=O)C2CCCN(Cc3nc(-c4ccccc4C)no3)C2)cc1. The average molecular weight is 434 g/mol. The summed E-state index contributed by atoms with van der Waals surface area (Å²) < 4.78 is 5.47. The fourth-order valence-corrected chi connectivity index (χ4v) is 3.94. The fraction of sp³-hybridized carbons (Fsp3) is 0.333. The molecular weight excluding hydrogens is 406 g/mol. The van der Waals surface area contributed by atoms with E-state index in [4.69, 9.17) is 4.52 Å². The Labute approximate surface area is 187 Å². The summed E-state index contributed by atoms with van der Waals surface area (Å²) in [4.78, 5) is 30.7. The molecule has 32 heavy (non-hydrogen) atoms. The van der Waals surface area contributed by atoms with Crippen LogP contribution >= 0.6 is 0 Å². The van der Waals surface area contributed by atoms with E-state index in [-0.39, 0.29) is 17.7 Å². The number of likely N-dealkylation sites (tertiary alicyclic amines) is 1. The number of amides is 2. The van der Waals surface area contributed by atoms with Crippen molar-refractivity contribution in [1.29, 1.82) is 0 Å². The Kier molecular flexibility index (Phi) is 6.61. The summed E-state index contributed by atoms with van der Waals surface area (Å²) in [6, 6.07) is 15.1. The summed E-state index contributed by atoms with van der Waals surface area (Å²) in [5.41, 5.74) is 3.47. The number of rotatable bonds is 6. The van der Waals surface area contributed by atoms with Gasteiger partial charge in [-0.3, -0.25) is 14.5 Å². The van der Waals surface area contributed by atoms with Crippen molar-refractivity contribution in [2.75, 3.05) is 23.7 Å². The topological polar surface area (TPSA) is 100 Å². The second-order valence-electron chi connectivity index (χ2n) is 8.15. The lowest BCUT2D eigenvalue weighted by molar-refractivity contribution is -0.121. The zero-order valence-electron chi connectivity index (χ0n) is 18.3. The van der Waals surface area contributed by atoms with Crippen LogP contribution in [0.25, 0.3) is 11.4 Å². The minimum absolute atomic E-state index is 0.00638. The van der Waals surface area contributed by atoms with Gasteiger partial charge in [0.05, 0.1) is 12.5 Å². The van der Waals surface area contributed by atoms with Gasteiger partial charge in [-0.2, -0.15) is 4.98 Å². The van der Waals surface area contributed by atoms with Crippen LogP contribution in [0.1, 0.15) is 31.2 Å². The van der Waals surface area contributed by atoms with Crippen molar-refractivity contribution in [3.8, 4) is 11.4 Å². The Morgan fingerprint density at radius 2 is 1.81 bits per heavy atom. The maximum Gasteiger partial charge on any atom is 0.241 e. The van der Waals surface area contributed by atoms with Gasteiger partial charge in [-0.25, -0.2) is 0 Å². The van der Waals surface area contributed by atoms with Gasteiger partial charge in [0.2, 0.25) is 23.5 Å². The van der Waals surface area contributed by atoms with Crippen molar-refractivity contribution in [3.05, 3.63) is 60.0 Å². The minimum Gasteiger partial charge on any atom is -0.338 e. The van der Waals surface area contributed by atoms with Crippen LogP contribution in [0.2, 0.25) is 0 Å². The van der Waals surface area contributed by atoms with E-state index < -0.39 is 0 Å². The Morgan fingerprint density at radius 1 is 1.09 bits per heavy atom. The summed E-state index contributed by atoms with van der Waals surface area (Å²) in [5.74, 6) is 0.895. The molecule has 0 radical (unpaired) electrons. The van der Waals surface area contributed by atoms with Gasteiger partial charge in [0.25, 0.3) is 0 Å².